The first-order valence-electron chi connectivity index (χ1n) is 6.57. The first-order chi connectivity index (χ1) is 9.26. The Morgan fingerprint density at radius 1 is 1.32 bits per heavy atom. The second-order valence-electron chi connectivity index (χ2n) is 4.42. The summed E-state index contributed by atoms with van der Waals surface area (Å²) in [7, 11) is 0. The molecule has 0 bridgehead atoms. The molecule has 4 heteroatoms. The molecule has 0 saturated carbocycles. The van der Waals surface area contributed by atoms with Gasteiger partial charge in [-0.3, -0.25) is 4.98 Å². The van der Waals surface area contributed by atoms with E-state index in [-0.39, 0.29) is 6.10 Å². The average molecular weight is 260 g/mol. The van der Waals surface area contributed by atoms with E-state index < -0.39 is 0 Å². The van der Waals surface area contributed by atoms with Crippen LogP contribution >= 0.6 is 0 Å². The van der Waals surface area contributed by atoms with Gasteiger partial charge < -0.3 is 15.2 Å². The minimum absolute atomic E-state index is 0.0175. The molecular weight excluding hydrogens is 240 g/mol. The number of benzene rings is 1. The van der Waals surface area contributed by atoms with Gasteiger partial charge in [0.15, 0.2) is 0 Å². The molecule has 102 valence electrons. The number of aromatic nitrogens is 1. The zero-order valence-electron chi connectivity index (χ0n) is 11.4. The standard InChI is InChI=1S/C15H20N2O2/c1-3-18-10-11(2)19-15-12(8-16)9-17-14-7-5-4-6-13(14)15/h4-7,9,11H,3,8,10,16H2,1-2H3. The molecule has 0 fully saturated rings. The van der Waals surface area contributed by atoms with Crippen molar-refractivity contribution in [3.63, 3.8) is 0 Å². The largest absolute Gasteiger partial charge is 0.487 e. The van der Waals surface area contributed by atoms with Gasteiger partial charge in [-0.1, -0.05) is 12.1 Å². The predicted octanol–water partition coefficient (Wildman–Crippen LogP) is 2.50. The summed E-state index contributed by atoms with van der Waals surface area (Å²) in [5.41, 5.74) is 7.60. The molecule has 1 aromatic carbocycles. The van der Waals surface area contributed by atoms with Gasteiger partial charge in [0.1, 0.15) is 11.9 Å². The van der Waals surface area contributed by atoms with Crippen molar-refractivity contribution < 1.29 is 9.47 Å². The third-order valence-electron chi connectivity index (χ3n) is 2.90. The number of rotatable bonds is 6. The van der Waals surface area contributed by atoms with Crippen molar-refractivity contribution in [2.24, 2.45) is 5.73 Å². The number of hydrogen-bond donors (Lipinski definition) is 1. The summed E-state index contributed by atoms with van der Waals surface area (Å²) in [6.45, 7) is 5.63. The molecule has 1 aromatic heterocycles. The van der Waals surface area contributed by atoms with Gasteiger partial charge in [-0.05, 0) is 26.0 Å². The van der Waals surface area contributed by atoms with E-state index in [4.69, 9.17) is 15.2 Å². The van der Waals surface area contributed by atoms with Crippen LogP contribution in [-0.2, 0) is 11.3 Å². The molecule has 19 heavy (non-hydrogen) atoms. The third-order valence-corrected chi connectivity index (χ3v) is 2.90. The molecule has 0 aliphatic carbocycles. The Morgan fingerprint density at radius 3 is 2.84 bits per heavy atom. The molecule has 0 saturated heterocycles. The van der Waals surface area contributed by atoms with Crippen LogP contribution in [0.1, 0.15) is 19.4 Å². The fourth-order valence-electron chi connectivity index (χ4n) is 1.96. The Hall–Kier alpha value is -1.65. The first kappa shape index (κ1) is 13.8. The molecule has 2 aromatic rings. The van der Waals surface area contributed by atoms with Crippen molar-refractivity contribution >= 4 is 10.9 Å². The predicted molar refractivity (Wildman–Crippen MR) is 76.2 cm³/mol. The lowest BCUT2D eigenvalue weighted by Crippen LogP contribution is -2.20. The van der Waals surface area contributed by atoms with E-state index in [2.05, 4.69) is 4.98 Å². The summed E-state index contributed by atoms with van der Waals surface area (Å²) < 4.78 is 11.4. The molecule has 0 amide bonds. The van der Waals surface area contributed by atoms with Crippen LogP contribution in [0.15, 0.2) is 30.5 Å². The van der Waals surface area contributed by atoms with Gasteiger partial charge in [-0.2, -0.15) is 0 Å². The quantitative estimate of drug-likeness (QED) is 0.867. The lowest BCUT2D eigenvalue weighted by molar-refractivity contribution is 0.0660. The second-order valence-corrected chi connectivity index (χ2v) is 4.42. The zero-order chi connectivity index (χ0) is 13.7. The lowest BCUT2D eigenvalue weighted by Gasteiger charge is -2.18. The van der Waals surface area contributed by atoms with Gasteiger partial charge in [0.2, 0.25) is 0 Å². The Kier molecular flexibility index (Phi) is 4.71. The van der Waals surface area contributed by atoms with Crippen LogP contribution in [0.25, 0.3) is 10.9 Å². The highest BCUT2D eigenvalue weighted by Crippen LogP contribution is 2.28. The van der Waals surface area contributed by atoms with Crippen LogP contribution < -0.4 is 10.5 Å². The minimum atomic E-state index is -0.0175. The maximum absolute atomic E-state index is 6.01. The van der Waals surface area contributed by atoms with Crippen LogP contribution in [0.4, 0.5) is 0 Å². The summed E-state index contributed by atoms with van der Waals surface area (Å²) in [4.78, 5) is 4.39. The van der Waals surface area contributed by atoms with Crippen molar-refractivity contribution in [2.75, 3.05) is 13.2 Å². The van der Waals surface area contributed by atoms with Crippen molar-refractivity contribution in [3.05, 3.63) is 36.0 Å². The van der Waals surface area contributed by atoms with Crippen LogP contribution in [-0.4, -0.2) is 24.3 Å². The smallest absolute Gasteiger partial charge is 0.135 e. The van der Waals surface area contributed by atoms with E-state index >= 15 is 0 Å². The highest BCUT2D eigenvalue weighted by molar-refractivity contribution is 5.86. The molecule has 1 heterocycles. The number of nitrogens with two attached hydrogens (primary N) is 1. The molecule has 0 aliphatic rings. The number of ether oxygens (including phenoxy) is 2. The fourth-order valence-corrected chi connectivity index (χ4v) is 1.96. The molecule has 4 nitrogen and oxygen atoms in total. The topological polar surface area (TPSA) is 57.4 Å². The Bertz CT molecular complexity index is 543. The van der Waals surface area contributed by atoms with Crippen LogP contribution in [0.3, 0.4) is 0 Å². The maximum atomic E-state index is 6.01. The number of fused-ring (bicyclic) bond motifs is 1. The molecule has 2 rings (SSSR count). The van der Waals surface area contributed by atoms with Gasteiger partial charge in [-0.25, -0.2) is 0 Å². The van der Waals surface area contributed by atoms with E-state index in [0.717, 1.165) is 22.2 Å². The Morgan fingerprint density at radius 2 is 2.11 bits per heavy atom. The molecule has 1 unspecified atom stereocenters. The third kappa shape index (κ3) is 3.22. The molecule has 0 spiro atoms. The summed E-state index contributed by atoms with van der Waals surface area (Å²) >= 11 is 0. The van der Waals surface area contributed by atoms with Crippen LogP contribution in [0, 0.1) is 0 Å². The first-order valence-corrected chi connectivity index (χ1v) is 6.57. The van der Waals surface area contributed by atoms with E-state index in [1.54, 1.807) is 6.20 Å². The number of para-hydroxylation sites is 1. The van der Waals surface area contributed by atoms with Crippen LogP contribution in [0.5, 0.6) is 5.75 Å². The van der Waals surface area contributed by atoms with Gasteiger partial charge in [0.05, 0.1) is 12.1 Å². The number of nitrogens with zero attached hydrogens (tertiary/aromatic N) is 1. The van der Waals surface area contributed by atoms with E-state index in [1.807, 2.05) is 38.1 Å². The van der Waals surface area contributed by atoms with Crippen molar-refractivity contribution in [1.82, 2.24) is 4.98 Å². The van der Waals surface area contributed by atoms with Crippen molar-refractivity contribution in [2.45, 2.75) is 26.5 Å². The van der Waals surface area contributed by atoms with Gasteiger partial charge in [0, 0.05) is 30.3 Å². The normalized spacial score (nSPS) is 12.6. The summed E-state index contributed by atoms with van der Waals surface area (Å²) in [5.74, 6) is 0.820. The highest BCUT2D eigenvalue weighted by Gasteiger charge is 2.12. The van der Waals surface area contributed by atoms with Crippen molar-refractivity contribution in [1.29, 1.82) is 0 Å². The summed E-state index contributed by atoms with van der Waals surface area (Å²) in [6.07, 6.45) is 1.77. The Labute approximate surface area is 113 Å². The lowest BCUT2D eigenvalue weighted by atomic mass is 10.1. The average Bonchev–Trinajstić information content (AvgIpc) is 2.45. The zero-order valence-corrected chi connectivity index (χ0v) is 11.4. The molecule has 0 aliphatic heterocycles. The van der Waals surface area contributed by atoms with Gasteiger partial charge in [0.25, 0.3) is 0 Å². The SMILES string of the molecule is CCOCC(C)Oc1c(CN)cnc2ccccc12. The molecule has 1 atom stereocenters. The minimum Gasteiger partial charge on any atom is -0.487 e. The number of pyridine rings is 1. The second kappa shape index (κ2) is 6.50. The van der Waals surface area contributed by atoms with Gasteiger partial charge in [-0.15, -0.1) is 0 Å². The fraction of sp³-hybridized carbons (Fsp3) is 0.400. The monoisotopic (exact) mass is 260 g/mol. The molecular formula is C15H20N2O2. The van der Waals surface area contributed by atoms with E-state index in [0.29, 0.717) is 19.8 Å². The van der Waals surface area contributed by atoms with Crippen molar-refractivity contribution in [3.8, 4) is 5.75 Å². The van der Waals surface area contributed by atoms with E-state index in [1.165, 1.54) is 0 Å². The summed E-state index contributed by atoms with van der Waals surface area (Å²) in [6, 6.07) is 7.91. The maximum Gasteiger partial charge on any atom is 0.135 e. The molecule has 0 radical (unpaired) electrons. The van der Waals surface area contributed by atoms with Crippen LogP contribution in [0.2, 0.25) is 0 Å². The van der Waals surface area contributed by atoms with Gasteiger partial charge >= 0.3 is 0 Å². The number of hydrogen-bond acceptors (Lipinski definition) is 4. The molecule has 2 N–H and O–H groups in total. The Balaban J connectivity index is 2.33. The summed E-state index contributed by atoms with van der Waals surface area (Å²) in [5, 5.41) is 0.994. The highest BCUT2D eigenvalue weighted by atomic mass is 16.5. The van der Waals surface area contributed by atoms with E-state index in [9.17, 15) is 0 Å².